The van der Waals surface area contributed by atoms with Crippen molar-refractivity contribution in [1.29, 1.82) is 0 Å². The average Bonchev–Trinajstić information content (AvgIpc) is 2.87. The lowest BCUT2D eigenvalue weighted by Gasteiger charge is -2.18. The fraction of sp³-hybridized carbons (Fsp3) is 0.500. The highest BCUT2D eigenvalue weighted by atomic mass is 35.5. The summed E-state index contributed by atoms with van der Waals surface area (Å²) in [6.07, 6.45) is -4.62. The number of nitrogens with zero attached hydrogens (tertiary/aromatic N) is 1. The molecule has 1 aromatic carbocycles. The molecule has 1 amide bonds. The first-order valence-electron chi connectivity index (χ1n) is 7.57. The number of benzene rings is 1. The molecule has 2 atom stereocenters. The minimum Gasteiger partial charge on any atom is -0.481 e. The topological polar surface area (TPSA) is 69.6 Å². The third kappa shape index (κ3) is 5.25. The summed E-state index contributed by atoms with van der Waals surface area (Å²) < 4.78 is 38.9. The zero-order chi connectivity index (χ0) is 18.9. The van der Waals surface area contributed by atoms with Gasteiger partial charge < -0.3 is 10.4 Å². The number of carbonyl (C=O) groups excluding carboxylic acids is 1. The number of rotatable bonds is 4. The molecule has 0 bridgehead atoms. The van der Waals surface area contributed by atoms with E-state index in [0.29, 0.717) is 10.7 Å². The maximum Gasteiger partial charge on any atom is 0.393 e. The molecule has 0 saturated carbocycles. The van der Waals surface area contributed by atoms with Crippen LogP contribution in [0.5, 0.6) is 0 Å². The number of carboxylic acids is 1. The van der Waals surface area contributed by atoms with Crippen molar-refractivity contribution in [2.45, 2.75) is 20.0 Å². The Hall–Kier alpha value is -1.51. The Kier molecular flexibility index (Phi) is 7.33. The van der Waals surface area contributed by atoms with E-state index in [0.717, 1.165) is 11.1 Å². The second kappa shape index (κ2) is 8.45. The van der Waals surface area contributed by atoms with Crippen molar-refractivity contribution in [1.82, 2.24) is 4.90 Å². The van der Waals surface area contributed by atoms with Crippen LogP contribution < -0.4 is 5.32 Å². The second-order valence-electron chi connectivity index (χ2n) is 6.27. The predicted octanol–water partition coefficient (Wildman–Crippen LogP) is 3.51. The van der Waals surface area contributed by atoms with Crippen LogP contribution in [0.4, 0.5) is 18.9 Å². The molecular weight excluding hydrogens is 396 g/mol. The first kappa shape index (κ1) is 22.5. The summed E-state index contributed by atoms with van der Waals surface area (Å²) in [5.74, 6) is -5.61. The molecule has 1 heterocycles. The number of anilines is 1. The number of alkyl halides is 3. The van der Waals surface area contributed by atoms with Gasteiger partial charge in [-0.2, -0.15) is 13.2 Å². The molecule has 0 aromatic heterocycles. The van der Waals surface area contributed by atoms with Gasteiger partial charge in [0.05, 0.1) is 29.1 Å². The molecular formula is C16H19Cl2F3N2O3. The van der Waals surface area contributed by atoms with Crippen molar-refractivity contribution in [3.63, 3.8) is 0 Å². The summed E-state index contributed by atoms with van der Waals surface area (Å²) in [6.45, 7) is 2.42. The molecule has 1 aliphatic heterocycles. The van der Waals surface area contributed by atoms with Gasteiger partial charge in [0.15, 0.2) is 0 Å². The van der Waals surface area contributed by atoms with Crippen LogP contribution in [0.25, 0.3) is 0 Å². The fourth-order valence-corrected chi connectivity index (χ4v) is 3.42. The van der Waals surface area contributed by atoms with Gasteiger partial charge in [-0.3, -0.25) is 14.5 Å². The third-order valence-electron chi connectivity index (χ3n) is 4.20. The van der Waals surface area contributed by atoms with Gasteiger partial charge in [-0.15, -0.1) is 12.4 Å². The van der Waals surface area contributed by atoms with Crippen molar-refractivity contribution in [3.8, 4) is 0 Å². The molecule has 10 heteroatoms. The van der Waals surface area contributed by atoms with Crippen LogP contribution in [-0.4, -0.2) is 47.7 Å². The Bertz CT molecular complexity index is 675. The molecule has 0 spiro atoms. The molecule has 2 rings (SSSR count). The van der Waals surface area contributed by atoms with Crippen LogP contribution in [0.2, 0.25) is 5.02 Å². The molecule has 1 aliphatic rings. The van der Waals surface area contributed by atoms with Crippen LogP contribution in [0, 0.1) is 25.7 Å². The monoisotopic (exact) mass is 414 g/mol. The molecule has 1 aromatic rings. The van der Waals surface area contributed by atoms with Gasteiger partial charge in [-0.25, -0.2) is 0 Å². The van der Waals surface area contributed by atoms with Crippen LogP contribution in [-0.2, 0) is 9.59 Å². The molecule has 2 N–H and O–H groups in total. The van der Waals surface area contributed by atoms with Gasteiger partial charge in [-0.1, -0.05) is 17.7 Å². The minimum atomic E-state index is -4.62. The Labute approximate surface area is 159 Å². The molecule has 146 valence electrons. The standard InChI is InChI=1S/C16H18ClF3N2O3.ClH/c1-8-3-9(2)14(12(17)4-8)21-13(23)7-22-5-10(15(24)25)11(6-22)16(18,19)20;/h3-4,10-11H,5-7H2,1-2H3,(H,21,23)(H,24,25);1H/t10-,11-;/m1./s1. The van der Waals surface area contributed by atoms with E-state index < -0.39 is 36.4 Å². The smallest absolute Gasteiger partial charge is 0.393 e. The molecule has 1 saturated heterocycles. The second-order valence-corrected chi connectivity index (χ2v) is 6.68. The van der Waals surface area contributed by atoms with Crippen LogP contribution >= 0.6 is 24.0 Å². The van der Waals surface area contributed by atoms with Gasteiger partial charge in [-0.05, 0) is 31.0 Å². The van der Waals surface area contributed by atoms with E-state index in [9.17, 15) is 22.8 Å². The fourth-order valence-electron chi connectivity index (χ4n) is 3.05. The maximum absolute atomic E-state index is 13.0. The molecule has 0 unspecified atom stereocenters. The molecule has 0 aliphatic carbocycles. The highest BCUT2D eigenvalue weighted by molar-refractivity contribution is 6.34. The van der Waals surface area contributed by atoms with Crippen molar-refractivity contribution in [2.75, 3.05) is 25.0 Å². The van der Waals surface area contributed by atoms with Gasteiger partial charge in [0.2, 0.25) is 5.91 Å². The number of nitrogens with one attached hydrogen (secondary N) is 1. The number of halogens is 5. The number of carboxylic acid groups (broad SMARTS) is 1. The van der Waals surface area contributed by atoms with E-state index in [1.807, 2.05) is 13.0 Å². The van der Waals surface area contributed by atoms with Crippen LogP contribution in [0.15, 0.2) is 12.1 Å². The maximum atomic E-state index is 13.0. The number of carbonyl (C=O) groups is 2. The Morgan fingerprint density at radius 1 is 1.31 bits per heavy atom. The van der Waals surface area contributed by atoms with Gasteiger partial charge in [0.1, 0.15) is 0 Å². The van der Waals surface area contributed by atoms with E-state index in [2.05, 4.69) is 5.32 Å². The zero-order valence-corrected chi connectivity index (χ0v) is 15.6. The van der Waals surface area contributed by atoms with Gasteiger partial charge in [0.25, 0.3) is 0 Å². The van der Waals surface area contributed by atoms with E-state index >= 15 is 0 Å². The summed E-state index contributed by atoms with van der Waals surface area (Å²) in [5, 5.41) is 11.9. The van der Waals surface area contributed by atoms with Gasteiger partial charge in [0, 0.05) is 13.1 Å². The highest BCUT2D eigenvalue weighted by Crippen LogP contribution is 2.37. The minimum absolute atomic E-state index is 0. The number of hydrogen-bond acceptors (Lipinski definition) is 3. The Morgan fingerprint density at radius 3 is 2.38 bits per heavy atom. The number of aliphatic carboxylic acids is 1. The van der Waals surface area contributed by atoms with Crippen molar-refractivity contribution in [2.24, 2.45) is 11.8 Å². The lowest BCUT2D eigenvalue weighted by atomic mass is 9.96. The van der Waals surface area contributed by atoms with Crippen LogP contribution in [0.3, 0.4) is 0 Å². The largest absolute Gasteiger partial charge is 0.481 e. The average molecular weight is 415 g/mol. The lowest BCUT2D eigenvalue weighted by Crippen LogP contribution is -2.34. The Morgan fingerprint density at radius 2 is 1.92 bits per heavy atom. The number of likely N-dealkylation sites (tertiary alicyclic amines) is 1. The summed E-state index contributed by atoms with van der Waals surface area (Å²) in [4.78, 5) is 24.4. The first-order chi connectivity index (χ1) is 11.5. The summed E-state index contributed by atoms with van der Waals surface area (Å²) in [5.41, 5.74) is 2.05. The number of hydrogen-bond donors (Lipinski definition) is 2. The van der Waals surface area contributed by atoms with Crippen molar-refractivity contribution >= 4 is 41.6 Å². The Balaban J connectivity index is 0.00000338. The van der Waals surface area contributed by atoms with Gasteiger partial charge >= 0.3 is 12.1 Å². The number of aryl methyl sites for hydroxylation is 2. The van der Waals surface area contributed by atoms with E-state index in [4.69, 9.17) is 16.7 Å². The van der Waals surface area contributed by atoms with Crippen LogP contribution in [0.1, 0.15) is 11.1 Å². The summed E-state index contributed by atoms with van der Waals surface area (Å²) in [6, 6.07) is 3.48. The number of amides is 1. The normalized spacial score (nSPS) is 20.5. The molecule has 0 radical (unpaired) electrons. The van der Waals surface area contributed by atoms with Crippen molar-refractivity contribution in [3.05, 3.63) is 28.3 Å². The zero-order valence-electron chi connectivity index (χ0n) is 14.1. The quantitative estimate of drug-likeness (QED) is 0.790. The van der Waals surface area contributed by atoms with E-state index in [-0.39, 0.29) is 25.5 Å². The summed E-state index contributed by atoms with van der Waals surface area (Å²) >= 11 is 6.09. The molecule has 5 nitrogen and oxygen atoms in total. The summed E-state index contributed by atoms with van der Waals surface area (Å²) in [7, 11) is 0. The predicted molar refractivity (Wildman–Crippen MR) is 93.9 cm³/mol. The third-order valence-corrected chi connectivity index (χ3v) is 4.49. The van der Waals surface area contributed by atoms with E-state index in [1.165, 1.54) is 4.90 Å². The molecule has 1 fully saturated rings. The van der Waals surface area contributed by atoms with Crippen molar-refractivity contribution < 1.29 is 27.9 Å². The first-order valence-corrected chi connectivity index (χ1v) is 7.95. The lowest BCUT2D eigenvalue weighted by molar-refractivity contribution is -0.188. The van der Waals surface area contributed by atoms with E-state index in [1.54, 1.807) is 13.0 Å². The molecule has 26 heavy (non-hydrogen) atoms. The SMILES string of the molecule is Cc1cc(C)c(NC(=O)CN2C[C@@H](C(F)(F)F)[C@H](C(=O)O)C2)c(Cl)c1.Cl. The highest BCUT2D eigenvalue weighted by Gasteiger charge is 2.52.